The van der Waals surface area contributed by atoms with Gasteiger partial charge < -0.3 is 5.32 Å². The van der Waals surface area contributed by atoms with Gasteiger partial charge in [0.2, 0.25) is 0 Å². The number of hydrogen-bond acceptors (Lipinski definition) is 4. The number of nitrogens with one attached hydrogen (secondary N) is 1. The molecule has 31 heavy (non-hydrogen) atoms. The quantitative estimate of drug-likeness (QED) is 0.378. The van der Waals surface area contributed by atoms with Gasteiger partial charge in [-0.1, -0.05) is 79.4 Å². The summed E-state index contributed by atoms with van der Waals surface area (Å²) in [7, 11) is 0. The highest BCUT2D eigenvalue weighted by molar-refractivity contribution is 8.13. The van der Waals surface area contributed by atoms with Crippen molar-refractivity contribution in [2.75, 3.05) is 5.75 Å². The summed E-state index contributed by atoms with van der Waals surface area (Å²) >= 11 is 1.83. The van der Waals surface area contributed by atoms with E-state index in [-0.39, 0.29) is 1.43 Å². The molecule has 1 aliphatic rings. The van der Waals surface area contributed by atoms with Crippen molar-refractivity contribution in [2.45, 2.75) is 65.2 Å². The minimum absolute atomic E-state index is 0. The zero-order valence-electron chi connectivity index (χ0n) is 18.9. The van der Waals surface area contributed by atoms with Crippen molar-refractivity contribution in [3.05, 3.63) is 89.0 Å². The number of amidine groups is 1. The molecule has 0 spiro atoms. The first-order chi connectivity index (χ1) is 15.2. The Labute approximate surface area is 193 Å². The summed E-state index contributed by atoms with van der Waals surface area (Å²) in [5.74, 6) is 1.12. The van der Waals surface area contributed by atoms with Crippen molar-refractivity contribution in [3.63, 3.8) is 0 Å². The van der Waals surface area contributed by atoms with Crippen LogP contribution in [0.1, 0.15) is 63.6 Å². The fourth-order valence-corrected chi connectivity index (χ4v) is 4.54. The molecule has 3 nitrogen and oxygen atoms in total. The molecular weight excluding hydrogens is 398 g/mol. The second kappa shape index (κ2) is 13.2. The van der Waals surface area contributed by atoms with Crippen molar-refractivity contribution in [1.82, 2.24) is 10.3 Å². The smallest absolute Gasteiger partial charge is 0.165 e. The molecule has 1 aliphatic heterocycles. The van der Waals surface area contributed by atoms with E-state index in [1.54, 1.807) is 0 Å². The van der Waals surface area contributed by atoms with Crippen LogP contribution in [0.25, 0.3) is 0 Å². The van der Waals surface area contributed by atoms with Crippen LogP contribution >= 0.6 is 11.8 Å². The largest absolute Gasteiger partial charge is 0.335 e. The van der Waals surface area contributed by atoms with Crippen LogP contribution in [0.2, 0.25) is 0 Å². The van der Waals surface area contributed by atoms with E-state index in [1.165, 1.54) is 67.2 Å². The van der Waals surface area contributed by atoms with Crippen molar-refractivity contribution in [2.24, 2.45) is 4.99 Å². The van der Waals surface area contributed by atoms with E-state index < -0.39 is 0 Å². The van der Waals surface area contributed by atoms with Gasteiger partial charge >= 0.3 is 0 Å². The van der Waals surface area contributed by atoms with E-state index in [4.69, 9.17) is 0 Å². The fraction of sp³-hybridized carbons (Fsp3) is 0.407. The first-order valence-electron chi connectivity index (χ1n) is 11.5. The van der Waals surface area contributed by atoms with Gasteiger partial charge in [0.15, 0.2) is 5.17 Å². The Hall–Kier alpha value is -2.33. The van der Waals surface area contributed by atoms with E-state index >= 15 is 0 Å². The summed E-state index contributed by atoms with van der Waals surface area (Å²) in [6, 6.07) is 13.1. The first kappa shape index (κ1) is 23.3. The van der Waals surface area contributed by atoms with Gasteiger partial charge in [-0.25, -0.2) is 4.99 Å². The number of allylic oxidation sites excluding steroid dienone is 2. The highest BCUT2D eigenvalue weighted by Crippen LogP contribution is 2.21. The van der Waals surface area contributed by atoms with Gasteiger partial charge in [0.25, 0.3) is 0 Å². The molecule has 4 heteroatoms. The van der Waals surface area contributed by atoms with Crippen LogP contribution in [-0.2, 0) is 12.8 Å². The maximum absolute atomic E-state index is 4.64. The number of benzene rings is 1. The molecule has 1 aromatic carbocycles. The second-order valence-corrected chi connectivity index (χ2v) is 9.24. The molecule has 3 rings (SSSR count). The Bertz CT molecular complexity index is 889. The summed E-state index contributed by atoms with van der Waals surface area (Å²) in [6.07, 6.45) is 17.8. The molecule has 2 aromatic rings. The van der Waals surface area contributed by atoms with Crippen LogP contribution in [0.3, 0.4) is 0 Å². The van der Waals surface area contributed by atoms with E-state index in [2.05, 4.69) is 65.5 Å². The number of aliphatic imine (C=N–C) groups is 1. The third-order valence-corrected chi connectivity index (χ3v) is 6.52. The van der Waals surface area contributed by atoms with Crippen LogP contribution in [-0.4, -0.2) is 15.9 Å². The first-order valence-corrected chi connectivity index (χ1v) is 12.5. The highest BCUT2D eigenvalue weighted by atomic mass is 32.2. The van der Waals surface area contributed by atoms with Gasteiger partial charge in [0, 0.05) is 37.9 Å². The molecule has 0 amide bonds. The lowest BCUT2D eigenvalue weighted by atomic mass is 10.0. The van der Waals surface area contributed by atoms with Crippen molar-refractivity contribution < 1.29 is 1.43 Å². The molecule has 0 bridgehead atoms. The molecule has 0 saturated heterocycles. The standard InChI is InChI=1S/C27H35N3S.H2/c1-3-26-25(19-24-12-10-17-28-20-24)21-29-27(30-26)31-18-9-7-5-4-6-8-11-23-15-13-22(2)14-16-23;/h3,10,12-17,20-21H,4-9,11,18-19H2,1-2H3,(H,29,30);1H/b26-3+;. The fourth-order valence-electron chi connectivity index (χ4n) is 3.69. The SMILES string of the molecule is C/C=C1/NC(SCCCCCCCCc2ccc(C)cc2)=NC=C1Cc1cccnc1.[HH]. The molecule has 1 aromatic heterocycles. The predicted octanol–water partition coefficient (Wildman–Crippen LogP) is 7.24. The molecule has 0 saturated carbocycles. The Morgan fingerprint density at radius 3 is 2.48 bits per heavy atom. The zero-order valence-corrected chi connectivity index (χ0v) is 19.8. The average molecular weight is 436 g/mol. The van der Waals surface area contributed by atoms with E-state index in [0.717, 1.165) is 23.0 Å². The maximum Gasteiger partial charge on any atom is 0.165 e. The summed E-state index contributed by atoms with van der Waals surface area (Å²) in [4.78, 5) is 8.85. The lowest BCUT2D eigenvalue weighted by molar-refractivity contribution is 0.609. The molecule has 0 atom stereocenters. The van der Waals surface area contributed by atoms with Crippen molar-refractivity contribution in [1.29, 1.82) is 0 Å². The van der Waals surface area contributed by atoms with Crippen molar-refractivity contribution in [3.8, 4) is 0 Å². The topological polar surface area (TPSA) is 37.3 Å². The Morgan fingerprint density at radius 2 is 1.74 bits per heavy atom. The summed E-state index contributed by atoms with van der Waals surface area (Å²) in [5.41, 5.74) is 6.40. The summed E-state index contributed by atoms with van der Waals surface area (Å²) < 4.78 is 0. The zero-order chi connectivity index (χ0) is 21.7. The molecule has 1 N–H and O–H groups in total. The molecule has 0 radical (unpaired) electrons. The Morgan fingerprint density at radius 1 is 0.968 bits per heavy atom. The number of rotatable bonds is 11. The number of hydrogen-bond donors (Lipinski definition) is 1. The number of nitrogens with zero attached hydrogens (tertiary/aromatic N) is 2. The Balaban J connectivity index is 0.00000363. The van der Waals surface area contributed by atoms with E-state index in [0.29, 0.717) is 0 Å². The van der Waals surface area contributed by atoms with E-state index in [9.17, 15) is 0 Å². The van der Waals surface area contributed by atoms with Gasteiger partial charge in [-0.15, -0.1) is 0 Å². The summed E-state index contributed by atoms with van der Waals surface area (Å²) in [6.45, 7) is 4.22. The molecule has 166 valence electrons. The monoisotopic (exact) mass is 435 g/mol. The minimum atomic E-state index is 0. The molecule has 0 unspecified atom stereocenters. The van der Waals surface area contributed by atoms with Gasteiger partial charge in [0.1, 0.15) is 0 Å². The summed E-state index contributed by atoms with van der Waals surface area (Å²) in [5, 5.41) is 4.51. The second-order valence-electron chi connectivity index (χ2n) is 8.16. The third kappa shape index (κ3) is 8.37. The lowest BCUT2D eigenvalue weighted by Crippen LogP contribution is -2.24. The van der Waals surface area contributed by atoms with Gasteiger partial charge in [-0.2, -0.15) is 0 Å². The number of aryl methyl sites for hydroxylation is 2. The third-order valence-electron chi connectivity index (χ3n) is 5.55. The van der Waals surface area contributed by atoms with Crippen LogP contribution in [0.5, 0.6) is 0 Å². The molecule has 0 fully saturated rings. The van der Waals surface area contributed by atoms with Crippen LogP contribution in [0.4, 0.5) is 0 Å². The normalized spacial score (nSPS) is 14.8. The molecule has 0 aliphatic carbocycles. The predicted molar refractivity (Wildman–Crippen MR) is 138 cm³/mol. The van der Waals surface area contributed by atoms with Crippen LogP contribution < -0.4 is 5.32 Å². The lowest BCUT2D eigenvalue weighted by Gasteiger charge is -2.19. The molecule has 2 heterocycles. The van der Waals surface area contributed by atoms with Gasteiger partial charge in [0.05, 0.1) is 0 Å². The average Bonchev–Trinajstić information content (AvgIpc) is 2.80. The maximum atomic E-state index is 4.64. The van der Waals surface area contributed by atoms with Gasteiger partial charge in [-0.3, -0.25) is 4.98 Å². The molecular formula is C27H37N3S. The highest BCUT2D eigenvalue weighted by Gasteiger charge is 2.13. The van der Waals surface area contributed by atoms with Crippen LogP contribution in [0.15, 0.2) is 77.3 Å². The Kier molecular flexibility index (Phi) is 9.91. The van der Waals surface area contributed by atoms with Crippen molar-refractivity contribution >= 4 is 16.9 Å². The van der Waals surface area contributed by atoms with Crippen LogP contribution in [0, 0.1) is 6.92 Å². The number of thioether (sulfide) groups is 1. The number of unbranched alkanes of at least 4 members (excludes halogenated alkanes) is 5. The van der Waals surface area contributed by atoms with Gasteiger partial charge in [-0.05, 0) is 55.9 Å². The minimum Gasteiger partial charge on any atom is -0.335 e. The number of aromatic nitrogens is 1. The number of pyridine rings is 1. The van der Waals surface area contributed by atoms with E-state index in [1.807, 2.05) is 36.4 Å².